The fourth-order valence-electron chi connectivity index (χ4n) is 2.95. The lowest BCUT2D eigenvalue weighted by molar-refractivity contribution is -0.112. The van der Waals surface area contributed by atoms with Gasteiger partial charge in [0.2, 0.25) is 0 Å². The van der Waals surface area contributed by atoms with Gasteiger partial charge in [0.25, 0.3) is 5.91 Å². The van der Waals surface area contributed by atoms with Crippen molar-refractivity contribution in [2.75, 3.05) is 5.32 Å². The first kappa shape index (κ1) is 18.6. The maximum atomic E-state index is 14.0. The summed E-state index contributed by atoms with van der Waals surface area (Å²) >= 11 is 7.47. The topological polar surface area (TPSA) is 59.8 Å². The Kier molecular flexibility index (Phi) is 5.11. The molecule has 1 N–H and O–H groups in total. The van der Waals surface area contributed by atoms with Crippen molar-refractivity contribution in [3.05, 3.63) is 65.1 Å². The number of benzene rings is 1. The first-order valence-electron chi connectivity index (χ1n) is 8.64. The number of rotatable bonds is 4. The smallest absolute Gasteiger partial charge is 0.258 e. The van der Waals surface area contributed by atoms with Crippen LogP contribution in [0.5, 0.6) is 0 Å². The molecule has 0 radical (unpaired) electrons. The van der Waals surface area contributed by atoms with Gasteiger partial charge in [0, 0.05) is 23.8 Å². The van der Waals surface area contributed by atoms with Crippen LogP contribution in [0.3, 0.4) is 0 Å². The number of nitrogens with one attached hydrogen (secondary N) is 1. The molecule has 5 nitrogen and oxygen atoms in total. The van der Waals surface area contributed by atoms with E-state index in [0.717, 1.165) is 17.0 Å². The van der Waals surface area contributed by atoms with Gasteiger partial charge in [0.1, 0.15) is 5.82 Å². The Morgan fingerprint density at radius 1 is 1.36 bits per heavy atom. The average molecular weight is 415 g/mol. The number of carbonyl (C=O) groups is 1. The van der Waals surface area contributed by atoms with Crippen molar-refractivity contribution >= 4 is 34.0 Å². The van der Waals surface area contributed by atoms with Gasteiger partial charge in [-0.3, -0.25) is 14.8 Å². The van der Waals surface area contributed by atoms with Crippen molar-refractivity contribution in [1.82, 2.24) is 14.8 Å². The third kappa shape index (κ3) is 3.63. The summed E-state index contributed by atoms with van der Waals surface area (Å²) in [6, 6.07) is 8.32. The Bertz CT molecular complexity index is 1120. The molecule has 4 rings (SSSR count). The van der Waals surface area contributed by atoms with E-state index < -0.39 is 0 Å². The zero-order chi connectivity index (χ0) is 19.7. The van der Waals surface area contributed by atoms with Crippen molar-refractivity contribution in [1.29, 1.82) is 0 Å². The minimum atomic E-state index is -0.324. The summed E-state index contributed by atoms with van der Waals surface area (Å²) in [5.74, 6) is -0.603. The molecule has 0 aliphatic heterocycles. The minimum absolute atomic E-state index is 0.279. The highest BCUT2D eigenvalue weighted by Gasteiger charge is 2.18. The Morgan fingerprint density at radius 2 is 2.18 bits per heavy atom. The molecule has 0 saturated heterocycles. The Hall–Kier alpha value is -2.77. The summed E-state index contributed by atoms with van der Waals surface area (Å²) < 4.78 is 15.7. The number of thiazole rings is 1. The van der Waals surface area contributed by atoms with Crippen molar-refractivity contribution in [3.8, 4) is 21.8 Å². The van der Waals surface area contributed by atoms with Gasteiger partial charge in [-0.05, 0) is 31.0 Å². The molecular formula is C20H16ClFN4OS. The summed E-state index contributed by atoms with van der Waals surface area (Å²) in [5.41, 5.74) is 2.23. The molecule has 28 heavy (non-hydrogen) atoms. The second-order valence-corrected chi connectivity index (χ2v) is 7.75. The van der Waals surface area contributed by atoms with Gasteiger partial charge >= 0.3 is 0 Å². The predicted octanol–water partition coefficient (Wildman–Crippen LogP) is 5.13. The van der Waals surface area contributed by atoms with E-state index in [1.54, 1.807) is 48.3 Å². The largest absolute Gasteiger partial charge is 0.298 e. The zero-order valence-electron chi connectivity index (χ0n) is 14.9. The molecule has 8 heteroatoms. The number of amides is 1. The molecule has 0 fully saturated rings. The second-order valence-electron chi connectivity index (χ2n) is 6.26. The van der Waals surface area contributed by atoms with Crippen LogP contribution >= 0.6 is 22.9 Å². The van der Waals surface area contributed by atoms with E-state index in [0.29, 0.717) is 33.4 Å². The number of nitrogens with zero attached hydrogens (tertiary/aromatic N) is 3. The molecule has 142 valence electrons. The number of aromatic nitrogens is 3. The number of allylic oxidation sites excluding steroid dienone is 2. The number of hydrogen-bond acceptors (Lipinski definition) is 4. The van der Waals surface area contributed by atoms with Crippen LogP contribution in [0.4, 0.5) is 9.52 Å². The number of carbonyl (C=O) groups excluding carboxylic acids is 1. The molecule has 1 amide bonds. The average Bonchev–Trinajstić information content (AvgIpc) is 3.28. The standard InChI is InChI=1S/C20H16ClFN4OS/c1-26-17(10-16(25-26)13-7-3-5-9-15(13)22)18-11-23-20(28-18)24-19(27)12-6-2-4-8-14(12)21/h2-3,5-7,9-11H,4,8H2,1H3,(H,23,24,27). The van der Waals surface area contributed by atoms with E-state index >= 15 is 0 Å². The number of hydrogen-bond donors (Lipinski definition) is 1. The van der Waals surface area contributed by atoms with Crippen LogP contribution in [0.25, 0.3) is 21.8 Å². The van der Waals surface area contributed by atoms with E-state index in [9.17, 15) is 9.18 Å². The van der Waals surface area contributed by atoms with E-state index in [1.165, 1.54) is 17.4 Å². The van der Waals surface area contributed by atoms with Crippen LogP contribution in [0.1, 0.15) is 12.8 Å². The van der Waals surface area contributed by atoms with Gasteiger partial charge < -0.3 is 0 Å². The summed E-state index contributed by atoms with van der Waals surface area (Å²) in [6.45, 7) is 0. The van der Waals surface area contributed by atoms with Crippen molar-refractivity contribution in [2.24, 2.45) is 7.05 Å². The number of anilines is 1. The number of halogens is 2. The highest BCUT2D eigenvalue weighted by Crippen LogP contribution is 2.33. The monoisotopic (exact) mass is 414 g/mol. The molecule has 0 bridgehead atoms. The minimum Gasteiger partial charge on any atom is -0.298 e. The maximum absolute atomic E-state index is 14.0. The predicted molar refractivity (Wildman–Crippen MR) is 110 cm³/mol. The van der Waals surface area contributed by atoms with Gasteiger partial charge in [-0.2, -0.15) is 5.10 Å². The Morgan fingerprint density at radius 3 is 2.96 bits per heavy atom. The summed E-state index contributed by atoms with van der Waals surface area (Å²) in [7, 11) is 1.79. The van der Waals surface area contributed by atoms with E-state index in [2.05, 4.69) is 15.4 Å². The summed E-state index contributed by atoms with van der Waals surface area (Å²) in [5, 5.41) is 8.21. The fraction of sp³-hybridized carbons (Fsp3) is 0.150. The van der Waals surface area contributed by atoms with Gasteiger partial charge in [-0.1, -0.05) is 47.2 Å². The van der Waals surface area contributed by atoms with E-state index in [4.69, 9.17) is 11.6 Å². The fourth-order valence-corrected chi connectivity index (χ4v) is 4.06. The van der Waals surface area contributed by atoms with Gasteiger partial charge in [0.05, 0.1) is 21.8 Å². The molecular weight excluding hydrogens is 399 g/mol. The first-order chi connectivity index (χ1) is 13.5. The van der Waals surface area contributed by atoms with Crippen molar-refractivity contribution < 1.29 is 9.18 Å². The molecule has 3 aromatic rings. The molecule has 0 saturated carbocycles. The van der Waals surface area contributed by atoms with E-state index in [-0.39, 0.29) is 11.7 Å². The quantitative estimate of drug-likeness (QED) is 0.643. The normalized spacial score (nSPS) is 13.8. The van der Waals surface area contributed by atoms with Crippen LogP contribution in [-0.4, -0.2) is 20.7 Å². The van der Waals surface area contributed by atoms with Crippen LogP contribution in [0, 0.1) is 5.82 Å². The highest BCUT2D eigenvalue weighted by atomic mass is 35.5. The van der Waals surface area contributed by atoms with Gasteiger partial charge in [-0.15, -0.1) is 0 Å². The lowest BCUT2D eigenvalue weighted by atomic mass is 10.1. The number of aryl methyl sites for hydroxylation is 1. The van der Waals surface area contributed by atoms with Crippen LogP contribution in [0.15, 0.2) is 59.3 Å². The van der Waals surface area contributed by atoms with Crippen LogP contribution < -0.4 is 5.32 Å². The van der Waals surface area contributed by atoms with Crippen molar-refractivity contribution in [2.45, 2.75) is 12.8 Å². The molecule has 0 spiro atoms. The first-order valence-corrected chi connectivity index (χ1v) is 9.84. The molecule has 1 aliphatic rings. The third-order valence-corrected chi connectivity index (χ3v) is 5.69. The Balaban J connectivity index is 1.58. The summed E-state index contributed by atoms with van der Waals surface area (Å²) in [4.78, 5) is 17.5. The van der Waals surface area contributed by atoms with Crippen molar-refractivity contribution in [3.63, 3.8) is 0 Å². The highest BCUT2D eigenvalue weighted by molar-refractivity contribution is 7.19. The SMILES string of the molecule is Cn1nc(-c2ccccc2F)cc1-c1cnc(NC(=O)C2=C(Cl)CCC=C2)s1. The molecule has 1 aliphatic carbocycles. The summed E-state index contributed by atoms with van der Waals surface area (Å²) in [6.07, 6.45) is 6.82. The molecule has 0 unspecified atom stereocenters. The van der Waals surface area contributed by atoms with Gasteiger partial charge in [0.15, 0.2) is 5.13 Å². The molecule has 1 aromatic carbocycles. The lowest BCUT2D eigenvalue weighted by Gasteiger charge is -2.09. The zero-order valence-corrected chi connectivity index (χ0v) is 16.5. The lowest BCUT2D eigenvalue weighted by Crippen LogP contribution is -2.15. The Labute approximate surface area is 170 Å². The second kappa shape index (κ2) is 7.69. The maximum Gasteiger partial charge on any atom is 0.258 e. The molecule has 2 aromatic heterocycles. The van der Waals surface area contributed by atoms with E-state index in [1.807, 2.05) is 6.08 Å². The van der Waals surface area contributed by atoms with Gasteiger partial charge in [-0.25, -0.2) is 9.37 Å². The van der Waals surface area contributed by atoms with Crippen LogP contribution in [0.2, 0.25) is 0 Å². The van der Waals surface area contributed by atoms with Crippen LogP contribution in [-0.2, 0) is 11.8 Å². The third-order valence-electron chi connectivity index (χ3n) is 4.36. The molecule has 0 atom stereocenters. The molecule has 2 heterocycles.